The van der Waals surface area contributed by atoms with E-state index in [2.05, 4.69) is 10.4 Å². The van der Waals surface area contributed by atoms with Crippen molar-refractivity contribution in [1.29, 1.82) is 0 Å². The maximum Gasteiger partial charge on any atom is 0.0178 e. The van der Waals surface area contributed by atoms with Crippen molar-refractivity contribution >= 4 is 29.2 Å². The van der Waals surface area contributed by atoms with E-state index < -0.39 is 0 Å². The Balaban J connectivity index is 0.000001000. The molecule has 1 saturated heterocycles. The number of nitrogens with one attached hydrogen (secondary N) is 1. The molecule has 11 heavy (non-hydrogen) atoms. The zero-order valence-corrected chi connectivity index (χ0v) is 8.43. The predicted molar refractivity (Wildman–Crippen MR) is 54.5 cm³/mol. The number of nitrogens with zero attached hydrogens (tertiary/aromatic N) is 1. The molecule has 0 radical (unpaired) electrons. The second-order valence-electron chi connectivity index (χ2n) is 2.45. The molecule has 0 aromatic rings. The van der Waals surface area contributed by atoms with Crippen LogP contribution in [0.3, 0.4) is 0 Å². The quantitative estimate of drug-likeness (QED) is 0.485. The summed E-state index contributed by atoms with van der Waals surface area (Å²) in [4.78, 5) is 0. The number of hydrazine groups is 1. The standard InChI is InChI=1S/C6H12N2S2.H3N/c9-6(10)7-8-4-2-1-3-5-8;/h1-5H2,(H2,7,9,10);1H3. The molecule has 1 rings (SSSR count). The summed E-state index contributed by atoms with van der Waals surface area (Å²) in [6, 6.07) is 0. The third kappa shape index (κ3) is 4.47. The Kier molecular flexibility index (Phi) is 5.67. The van der Waals surface area contributed by atoms with E-state index >= 15 is 0 Å². The van der Waals surface area contributed by atoms with Gasteiger partial charge in [0.2, 0.25) is 0 Å². The van der Waals surface area contributed by atoms with E-state index in [-0.39, 0.29) is 6.15 Å². The van der Waals surface area contributed by atoms with Gasteiger partial charge in [-0.05, 0) is 17.2 Å². The highest BCUT2D eigenvalue weighted by Crippen LogP contribution is 2.05. The van der Waals surface area contributed by atoms with Gasteiger partial charge in [-0.3, -0.25) is 0 Å². The molecule has 3 nitrogen and oxygen atoms in total. The van der Waals surface area contributed by atoms with Gasteiger partial charge in [0, 0.05) is 13.1 Å². The van der Waals surface area contributed by atoms with Crippen LogP contribution >= 0.6 is 12.2 Å². The topological polar surface area (TPSA) is 51.8 Å². The molecule has 0 aliphatic carbocycles. The molecule has 5 N–H and O–H groups in total. The van der Waals surface area contributed by atoms with Crippen molar-refractivity contribution in [2.24, 2.45) is 0 Å². The van der Waals surface area contributed by atoms with Crippen molar-refractivity contribution in [1.82, 2.24) is 16.6 Å². The lowest BCUT2D eigenvalue weighted by Crippen LogP contribution is -2.43. The molecule has 0 unspecified atom stereocenters. The Bertz CT molecular complexity index is 123. The van der Waals surface area contributed by atoms with Crippen LogP contribution in [0.25, 0.3) is 0 Å². The molecular formula is C6H15N3S2. The summed E-state index contributed by atoms with van der Waals surface area (Å²) in [7, 11) is 0. The predicted octanol–water partition coefficient (Wildman–Crippen LogP) is 1.18. The smallest absolute Gasteiger partial charge is 0.0178 e. The van der Waals surface area contributed by atoms with Crippen molar-refractivity contribution < 1.29 is 0 Å². The first-order chi connectivity index (χ1) is 4.79. The molecular weight excluding hydrogens is 178 g/mol. The van der Waals surface area contributed by atoms with E-state index in [0.717, 1.165) is 13.1 Å². The maximum absolute atomic E-state index is 4.74. The van der Waals surface area contributed by atoms with Crippen LogP contribution in [0.4, 0.5) is 0 Å². The van der Waals surface area contributed by atoms with E-state index in [0.29, 0.717) is 4.32 Å². The molecule has 1 aliphatic heterocycles. The van der Waals surface area contributed by atoms with E-state index in [1.54, 1.807) is 0 Å². The van der Waals surface area contributed by atoms with Gasteiger partial charge in [0.1, 0.15) is 0 Å². The van der Waals surface area contributed by atoms with Crippen molar-refractivity contribution in [2.45, 2.75) is 19.3 Å². The highest BCUT2D eigenvalue weighted by molar-refractivity contribution is 8.00. The third-order valence-electron chi connectivity index (χ3n) is 1.61. The summed E-state index contributed by atoms with van der Waals surface area (Å²) in [5.41, 5.74) is 2.96. The van der Waals surface area contributed by atoms with Crippen LogP contribution in [0.15, 0.2) is 0 Å². The Hall–Kier alpha value is 0.0300. The van der Waals surface area contributed by atoms with Gasteiger partial charge in [-0.1, -0.05) is 6.42 Å². The van der Waals surface area contributed by atoms with Gasteiger partial charge in [-0.25, -0.2) is 5.01 Å². The number of hydrogen-bond donors (Lipinski definition) is 2. The van der Waals surface area contributed by atoms with E-state index in [4.69, 9.17) is 24.8 Å². The average molecular weight is 193 g/mol. The lowest BCUT2D eigenvalue weighted by Gasteiger charge is -2.29. The molecule has 1 heterocycles. The molecule has 0 aromatic carbocycles. The second kappa shape index (κ2) is 5.65. The number of thiocarbonyl (C=S) groups is 1. The van der Waals surface area contributed by atoms with Crippen molar-refractivity contribution in [3.8, 4) is 0 Å². The molecule has 0 saturated carbocycles. The molecule has 1 fully saturated rings. The van der Waals surface area contributed by atoms with Crippen LogP contribution < -0.4 is 11.6 Å². The van der Waals surface area contributed by atoms with E-state index in [1.165, 1.54) is 19.3 Å². The van der Waals surface area contributed by atoms with Crippen LogP contribution in [0.5, 0.6) is 0 Å². The van der Waals surface area contributed by atoms with Crippen LogP contribution in [0.2, 0.25) is 0 Å². The van der Waals surface area contributed by atoms with Crippen LogP contribution in [0.1, 0.15) is 19.3 Å². The minimum atomic E-state index is 0. The van der Waals surface area contributed by atoms with Gasteiger partial charge in [0.05, 0.1) is 0 Å². The van der Waals surface area contributed by atoms with Gasteiger partial charge >= 0.3 is 0 Å². The van der Waals surface area contributed by atoms with Gasteiger partial charge < -0.3 is 36.4 Å². The molecule has 0 bridgehead atoms. The minimum Gasteiger partial charge on any atom is -0.410 e. The van der Waals surface area contributed by atoms with Gasteiger partial charge in [0.25, 0.3) is 0 Å². The molecule has 66 valence electrons. The first kappa shape index (κ1) is 11.0. The largest absolute Gasteiger partial charge is 0.410 e. The van der Waals surface area contributed by atoms with E-state index in [1.807, 2.05) is 0 Å². The molecule has 0 amide bonds. The Labute approximate surface area is 78.5 Å². The van der Waals surface area contributed by atoms with Gasteiger partial charge in [-0.15, -0.1) is 0 Å². The van der Waals surface area contributed by atoms with E-state index in [9.17, 15) is 0 Å². The summed E-state index contributed by atoms with van der Waals surface area (Å²) in [6.45, 7) is 2.16. The second-order valence-corrected chi connectivity index (χ2v) is 3.52. The van der Waals surface area contributed by atoms with Crippen molar-refractivity contribution in [3.05, 3.63) is 0 Å². The zero-order chi connectivity index (χ0) is 7.40. The first-order valence-corrected chi connectivity index (χ1v) is 4.33. The lowest BCUT2D eigenvalue weighted by atomic mass is 10.2. The fourth-order valence-electron chi connectivity index (χ4n) is 1.13. The molecule has 0 spiro atoms. The lowest BCUT2D eigenvalue weighted by molar-refractivity contribution is 0.197. The molecule has 5 heteroatoms. The molecule has 1 aliphatic rings. The van der Waals surface area contributed by atoms with Crippen LogP contribution in [-0.4, -0.2) is 22.4 Å². The Morgan fingerprint density at radius 2 is 1.82 bits per heavy atom. The van der Waals surface area contributed by atoms with Crippen LogP contribution in [-0.2, 0) is 12.6 Å². The highest BCUT2D eigenvalue weighted by Gasteiger charge is 2.06. The third-order valence-corrected chi connectivity index (χ3v) is 1.79. The summed E-state index contributed by atoms with van der Waals surface area (Å²) in [5.74, 6) is 0. The normalized spacial score (nSPS) is 18.5. The summed E-state index contributed by atoms with van der Waals surface area (Å²) >= 11 is 9.48. The van der Waals surface area contributed by atoms with Crippen LogP contribution in [0, 0.1) is 0 Å². The fourth-order valence-corrected chi connectivity index (χ4v) is 1.39. The summed E-state index contributed by atoms with van der Waals surface area (Å²) < 4.78 is 0.460. The molecule has 0 atom stereocenters. The Morgan fingerprint density at radius 1 is 1.27 bits per heavy atom. The zero-order valence-electron chi connectivity index (χ0n) is 6.80. The minimum absolute atomic E-state index is 0. The van der Waals surface area contributed by atoms with Gasteiger partial charge in [-0.2, -0.15) is 0 Å². The van der Waals surface area contributed by atoms with Gasteiger partial charge in [0.15, 0.2) is 0 Å². The number of piperidine rings is 1. The fraction of sp³-hybridized carbons (Fsp3) is 0.833. The number of hydrogen-bond acceptors (Lipinski definition) is 3. The Morgan fingerprint density at radius 3 is 2.27 bits per heavy atom. The highest BCUT2D eigenvalue weighted by atomic mass is 32.1. The first-order valence-electron chi connectivity index (χ1n) is 3.51. The summed E-state index contributed by atoms with van der Waals surface area (Å²) in [5, 5.41) is 2.10. The SMILES string of the molecule is S=C([S-])NN1CCCCC1.[NH4+]. The average Bonchev–Trinajstić information content (AvgIpc) is 1.88. The number of rotatable bonds is 1. The maximum atomic E-state index is 4.74. The van der Waals surface area contributed by atoms with Crippen molar-refractivity contribution in [2.75, 3.05) is 13.1 Å². The summed E-state index contributed by atoms with van der Waals surface area (Å²) in [6.07, 6.45) is 3.85. The molecule has 0 aromatic heterocycles. The monoisotopic (exact) mass is 193 g/mol. The van der Waals surface area contributed by atoms with Crippen molar-refractivity contribution in [3.63, 3.8) is 0 Å². The number of quaternary nitrogens is 1.